The molecule has 0 bridgehead atoms. The van der Waals surface area contributed by atoms with Crippen molar-refractivity contribution in [1.29, 1.82) is 0 Å². The van der Waals surface area contributed by atoms with E-state index in [0.29, 0.717) is 18.8 Å². The molecule has 9 heteroatoms. The Kier molecular flexibility index (Phi) is 6.45. The SMILES string of the molecule is Cc1ccc(C)c(NC(=O)N2CCC[C@H](c3nnc(C(=O)Nc4ccc(F)cc4)s3)C2)c1. The minimum atomic E-state index is -0.388. The number of carbonyl (C=O) groups is 2. The molecule has 2 N–H and O–H groups in total. The van der Waals surface area contributed by atoms with Crippen molar-refractivity contribution >= 4 is 34.6 Å². The first-order valence-electron chi connectivity index (χ1n) is 10.4. The number of halogens is 1. The van der Waals surface area contributed by atoms with Crippen LogP contribution in [0.4, 0.5) is 20.6 Å². The van der Waals surface area contributed by atoms with Gasteiger partial charge in [-0.2, -0.15) is 0 Å². The van der Waals surface area contributed by atoms with Crippen LogP contribution in [0.5, 0.6) is 0 Å². The maximum atomic E-state index is 13.0. The number of aromatic nitrogens is 2. The lowest BCUT2D eigenvalue weighted by atomic mass is 9.99. The van der Waals surface area contributed by atoms with Crippen LogP contribution < -0.4 is 10.6 Å². The number of rotatable bonds is 4. The number of piperidine rings is 1. The molecule has 1 saturated heterocycles. The van der Waals surface area contributed by atoms with Crippen molar-refractivity contribution in [3.63, 3.8) is 0 Å². The van der Waals surface area contributed by atoms with Crippen molar-refractivity contribution in [3.8, 4) is 0 Å². The molecule has 166 valence electrons. The maximum absolute atomic E-state index is 13.0. The maximum Gasteiger partial charge on any atom is 0.321 e. The summed E-state index contributed by atoms with van der Waals surface area (Å²) in [4.78, 5) is 27.1. The summed E-state index contributed by atoms with van der Waals surface area (Å²) in [6.45, 7) is 5.15. The Morgan fingerprint density at radius 1 is 1.09 bits per heavy atom. The number of aryl methyl sites for hydroxylation is 2. The van der Waals surface area contributed by atoms with Gasteiger partial charge in [0.1, 0.15) is 10.8 Å². The summed E-state index contributed by atoms with van der Waals surface area (Å²) in [7, 11) is 0. The Labute approximate surface area is 189 Å². The second kappa shape index (κ2) is 9.44. The van der Waals surface area contributed by atoms with Gasteiger partial charge in [-0.3, -0.25) is 4.79 Å². The van der Waals surface area contributed by atoms with Crippen molar-refractivity contribution in [2.45, 2.75) is 32.6 Å². The lowest BCUT2D eigenvalue weighted by Crippen LogP contribution is -2.41. The van der Waals surface area contributed by atoms with Gasteiger partial charge in [0.05, 0.1) is 0 Å². The minimum Gasteiger partial charge on any atom is -0.324 e. The van der Waals surface area contributed by atoms with Crippen molar-refractivity contribution < 1.29 is 14.0 Å². The number of hydrogen-bond acceptors (Lipinski definition) is 5. The van der Waals surface area contributed by atoms with Gasteiger partial charge in [-0.1, -0.05) is 23.5 Å². The quantitative estimate of drug-likeness (QED) is 0.585. The molecule has 2 aromatic carbocycles. The second-order valence-electron chi connectivity index (χ2n) is 7.94. The zero-order valence-corrected chi connectivity index (χ0v) is 18.7. The molecule has 1 atom stereocenters. The van der Waals surface area contributed by atoms with Crippen LogP contribution in [0.1, 0.15) is 44.7 Å². The van der Waals surface area contributed by atoms with E-state index in [4.69, 9.17) is 0 Å². The number of urea groups is 1. The first kappa shape index (κ1) is 21.9. The zero-order valence-electron chi connectivity index (χ0n) is 17.9. The number of nitrogens with one attached hydrogen (secondary N) is 2. The van der Waals surface area contributed by atoms with Crippen LogP contribution in [-0.4, -0.2) is 40.1 Å². The van der Waals surface area contributed by atoms with Gasteiger partial charge in [-0.15, -0.1) is 10.2 Å². The van der Waals surface area contributed by atoms with E-state index in [-0.39, 0.29) is 28.7 Å². The lowest BCUT2D eigenvalue weighted by molar-refractivity contribution is 0.102. The fourth-order valence-electron chi connectivity index (χ4n) is 3.64. The van der Waals surface area contributed by atoms with Crippen molar-refractivity contribution in [2.24, 2.45) is 0 Å². The van der Waals surface area contributed by atoms with Crippen LogP contribution in [0.2, 0.25) is 0 Å². The van der Waals surface area contributed by atoms with E-state index in [0.717, 1.165) is 34.7 Å². The van der Waals surface area contributed by atoms with Crippen LogP contribution in [0.25, 0.3) is 0 Å². The molecule has 1 aliphatic rings. The van der Waals surface area contributed by atoms with E-state index < -0.39 is 0 Å². The van der Waals surface area contributed by atoms with Gasteiger partial charge in [0, 0.05) is 30.4 Å². The Hall–Kier alpha value is -3.33. The summed E-state index contributed by atoms with van der Waals surface area (Å²) < 4.78 is 13.0. The molecule has 0 aliphatic carbocycles. The van der Waals surface area contributed by atoms with Gasteiger partial charge < -0.3 is 15.5 Å². The Balaban J connectivity index is 1.39. The molecular formula is C23H24FN5O2S. The Bertz CT molecular complexity index is 1130. The van der Waals surface area contributed by atoms with E-state index in [1.807, 2.05) is 32.0 Å². The van der Waals surface area contributed by atoms with E-state index in [1.54, 1.807) is 4.90 Å². The molecule has 32 heavy (non-hydrogen) atoms. The molecule has 7 nitrogen and oxygen atoms in total. The third kappa shape index (κ3) is 5.11. The summed E-state index contributed by atoms with van der Waals surface area (Å²) in [5.74, 6) is -0.733. The molecule has 0 radical (unpaired) electrons. The standard InChI is InChI=1S/C23H24FN5O2S/c1-14-5-6-15(2)19(12-14)26-23(31)29-11-3-4-16(13-29)21-27-28-22(32-21)20(30)25-18-9-7-17(24)8-10-18/h5-10,12,16H,3-4,11,13H2,1-2H3,(H,25,30)(H,26,31)/t16-/m0/s1. The van der Waals surface area contributed by atoms with Crippen LogP contribution in [0, 0.1) is 19.7 Å². The average molecular weight is 454 g/mol. The molecule has 0 spiro atoms. The van der Waals surface area contributed by atoms with Gasteiger partial charge in [0.2, 0.25) is 5.01 Å². The van der Waals surface area contributed by atoms with Gasteiger partial charge in [0.25, 0.3) is 5.91 Å². The van der Waals surface area contributed by atoms with E-state index in [9.17, 15) is 14.0 Å². The predicted octanol–water partition coefficient (Wildman–Crippen LogP) is 4.96. The molecule has 4 rings (SSSR count). The monoisotopic (exact) mass is 453 g/mol. The van der Waals surface area contributed by atoms with E-state index >= 15 is 0 Å². The van der Waals surface area contributed by atoms with Gasteiger partial charge in [-0.25, -0.2) is 9.18 Å². The number of benzene rings is 2. The van der Waals surface area contributed by atoms with Gasteiger partial charge >= 0.3 is 6.03 Å². The fourth-order valence-corrected chi connectivity index (χ4v) is 4.50. The molecular weight excluding hydrogens is 429 g/mol. The number of hydrogen-bond donors (Lipinski definition) is 2. The number of nitrogens with zero attached hydrogens (tertiary/aromatic N) is 3. The number of amides is 3. The highest BCUT2D eigenvalue weighted by molar-refractivity contribution is 7.13. The molecule has 1 aromatic heterocycles. The molecule has 0 saturated carbocycles. The Morgan fingerprint density at radius 2 is 1.88 bits per heavy atom. The summed E-state index contributed by atoms with van der Waals surface area (Å²) in [6.07, 6.45) is 1.73. The smallest absolute Gasteiger partial charge is 0.321 e. The van der Waals surface area contributed by atoms with Gasteiger partial charge in [0.15, 0.2) is 0 Å². The third-order valence-corrected chi connectivity index (χ3v) is 6.51. The van der Waals surface area contributed by atoms with Crippen molar-refractivity contribution in [3.05, 3.63) is 69.4 Å². The largest absolute Gasteiger partial charge is 0.324 e. The van der Waals surface area contributed by atoms with Gasteiger partial charge in [-0.05, 0) is 68.1 Å². The first-order chi connectivity index (χ1) is 15.4. The highest BCUT2D eigenvalue weighted by Crippen LogP contribution is 2.30. The van der Waals surface area contributed by atoms with Crippen LogP contribution >= 0.6 is 11.3 Å². The average Bonchev–Trinajstić information content (AvgIpc) is 3.28. The molecule has 2 heterocycles. The second-order valence-corrected chi connectivity index (χ2v) is 8.95. The van der Waals surface area contributed by atoms with Crippen molar-refractivity contribution in [2.75, 3.05) is 23.7 Å². The molecule has 0 unspecified atom stereocenters. The molecule has 3 amide bonds. The molecule has 3 aromatic rings. The highest BCUT2D eigenvalue weighted by atomic mass is 32.1. The van der Waals surface area contributed by atoms with Crippen LogP contribution in [-0.2, 0) is 0 Å². The normalized spacial score (nSPS) is 16.0. The summed E-state index contributed by atoms with van der Waals surface area (Å²) in [5, 5.41) is 14.9. The zero-order chi connectivity index (χ0) is 22.7. The van der Waals surface area contributed by atoms with E-state index in [1.165, 1.54) is 35.6 Å². The number of carbonyl (C=O) groups excluding carboxylic acids is 2. The van der Waals surface area contributed by atoms with Crippen LogP contribution in [0.15, 0.2) is 42.5 Å². The Morgan fingerprint density at radius 3 is 2.66 bits per heavy atom. The summed E-state index contributed by atoms with van der Waals surface area (Å²) in [6, 6.07) is 11.4. The van der Waals surface area contributed by atoms with E-state index in [2.05, 4.69) is 20.8 Å². The van der Waals surface area contributed by atoms with Crippen molar-refractivity contribution in [1.82, 2.24) is 15.1 Å². The topological polar surface area (TPSA) is 87.2 Å². The number of anilines is 2. The summed E-state index contributed by atoms with van der Waals surface area (Å²) >= 11 is 1.23. The molecule has 1 aliphatic heterocycles. The van der Waals surface area contributed by atoms with Crippen LogP contribution in [0.3, 0.4) is 0 Å². The minimum absolute atomic E-state index is 0.0259. The summed E-state index contributed by atoms with van der Waals surface area (Å²) in [5.41, 5.74) is 3.40. The highest BCUT2D eigenvalue weighted by Gasteiger charge is 2.28. The lowest BCUT2D eigenvalue weighted by Gasteiger charge is -2.31. The predicted molar refractivity (Wildman–Crippen MR) is 123 cm³/mol. The molecule has 1 fully saturated rings. The number of likely N-dealkylation sites (tertiary alicyclic amines) is 1. The first-order valence-corrected chi connectivity index (χ1v) is 11.2. The fraction of sp³-hybridized carbons (Fsp3) is 0.304. The third-order valence-electron chi connectivity index (χ3n) is 5.43.